The normalized spacial score (nSPS) is 14.7. The number of hydrogen-bond donors (Lipinski definition) is 1. The summed E-state index contributed by atoms with van der Waals surface area (Å²) in [5.74, 6) is -0.188. The van der Waals surface area contributed by atoms with Gasteiger partial charge in [0.2, 0.25) is 5.88 Å². The van der Waals surface area contributed by atoms with Gasteiger partial charge in [0.05, 0.1) is 41.9 Å². The fourth-order valence-electron chi connectivity index (χ4n) is 4.20. The van der Waals surface area contributed by atoms with Gasteiger partial charge in [-0.25, -0.2) is 33.3 Å². The summed E-state index contributed by atoms with van der Waals surface area (Å²) >= 11 is 0. The first-order valence-corrected chi connectivity index (χ1v) is 14.3. The predicted molar refractivity (Wildman–Crippen MR) is 141 cm³/mol. The molecule has 0 radical (unpaired) electrons. The SMILES string of the molecule is CCS(=O)(=O)c1ccc(CNc2nc3cnc(-c4c(OC)ncnc4C4CC4)nc3n([C@H](C)C(F)(F)F)c2=O)nc1. The van der Waals surface area contributed by atoms with Crippen LogP contribution in [0.15, 0.2) is 40.5 Å². The molecule has 0 amide bonds. The van der Waals surface area contributed by atoms with E-state index in [4.69, 9.17) is 4.74 Å². The van der Waals surface area contributed by atoms with E-state index in [0.717, 1.165) is 19.8 Å². The number of aromatic nitrogens is 7. The van der Waals surface area contributed by atoms with Crippen molar-refractivity contribution in [1.82, 2.24) is 34.5 Å². The molecule has 1 atom stereocenters. The average Bonchev–Trinajstić information content (AvgIpc) is 3.80. The zero-order chi connectivity index (χ0) is 29.5. The Kier molecular flexibility index (Phi) is 7.35. The minimum Gasteiger partial charge on any atom is -0.480 e. The molecule has 216 valence electrons. The van der Waals surface area contributed by atoms with Crippen molar-refractivity contribution in [2.24, 2.45) is 0 Å². The maximum Gasteiger partial charge on any atom is 0.409 e. The first-order chi connectivity index (χ1) is 19.4. The van der Waals surface area contributed by atoms with Crippen LogP contribution in [0.2, 0.25) is 0 Å². The number of rotatable bonds is 9. The molecular weight excluding hydrogens is 565 g/mol. The summed E-state index contributed by atoms with van der Waals surface area (Å²) in [6.07, 6.45) is 0.713. The Morgan fingerprint density at radius 2 is 1.88 bits per heavy atom. The molecule has 41 heavy (non-hydrogen) atoms. The molecule has 0 aromatic carbocycles. The Hall–Kier alpha value is -4.21. The Morgan fingerprint density at radius 3 is 2.49 bits per heavy atom. The second kappa shape index (κ2) is 10.6. The molecule has 0 unspecified atom stereocenters. The minimum atomic E-state index is -4.78. The van der Waals surface area contributed by atoms with Gasteiger partial charge in [0.25, 0.3) is 5.56 Å². The second-order valence-corrected chi connectivity index (χ2v) is 11.7. The molecule has 1 saturated carbocycles. The van der Waals surface area contributed by atoms with Crippen molar-refractivity contribution >= 4 is 26.8 Å². The van der Waals surface area contributed by atoms with Crippen LogP contribution in [-0.2, 0) is 16.4 Å². The predicted octanol–water partition coefficient (Wildman–Crippen LogP) is 3.45. The van der Waals surface area contributed by atoms with Gasteiger partial charge in [-0.05, 0) is 31.9 Å². The van der Waals surface area contributed by atoms with Gasteiger partial charge in [0.15, 0.2) is 27.1 Å². The van der Waals surface area contributed by atoms with Gasteiger partial charge in [-0.15, -0.1) is 0 Å². The van der Waals surface area contributed by atoms with Crippen molar-refractivity contribution < 1.29 is 26.3 Å². The molecule has 16 heteroatoms. The summed E-state index contributed by atoms with van der Waals surface area (Å²) < 4.78 is 71.8. The summed E-state index contributed by atoms with van der Waals surface area (Å²) in [4.78, 5) is 38.8. The van der Waals surface area contributed by atoms with E-state index in [9.17, 15) is 26.4 Å². The number of halogens is 3. The molecule has 4 aromatic rings. The van der Waals surface area contributed by atoms with Crippen molar-refractivity contribution in [1.29, 1.82) is 0 Å². The lowest BCUT2D eigenvalue weighted by atomic mass is 10.1. The van der Waals surface area contributed by atoms with Gasteiger partial charge < -0.3 is 10.1 Å². The maximum atomic E-state index is 14.0. The first-order valence-electron chi connectivity index (χ1n) is 12.6. The van der Waals surface area contributed by atoms with Gasteiger partial charge in [-0.1, -0.05) is 6.92 Å². The number of pyridine rings is 1. The van der Waals surface area contributed by atoms with Gasteiger partial charge in [-0.3, -0.25) is 14.3 Å². The number of methoxy groups -OCH3 is 1. The molecule has 4 heterocycles. The lowest BCUT2D eigenvalue weighted by Gasteiger charge is -2.21. The van der Waals surface area contributed by atoms with Crippen LogP contribution in [0.5, 0.6) is 5.88 Å². The Labute approximate surface area is 232 Å². The number of hydrogen-bond acceptors (Lipinski definition) is 11. The van der Waals surface area contributed by atoms with Crippen molar-refractivity contribution in [3.8, 4) is 17.3 Å². The summed E-state index contributed by atoms with van der Waals surface area (Å²) in [6.45, 7) is 2.25. The fourth-order valence-corrected chi connectivity index (χ4v) is 5.02. The van der Waals surface area contributed by atoms with E-state index in [1.54, 1.807) is 0 Å². The van der Waals surface area contributed by atoms with Crippen LogP contribution in [0.1, 0.15) is 50.0 Å². The quantitative estimate of drug-likeness (QED) is 0.305. The molecule has 1 aliphatic rings. The van der Waals surface area contributed by atoms with E-state index < -0.39 is 27.6 Å². The molecule has 1 fully saturated rings. The Morgan fingerprint density at radius 1 is 1.12 bits per heavy atom. The smallest absolute Gasteiger partial charge is 0.409 e. The topological polar surface area (TPSA) is 155 Å². The van der Waals surface area contributed by atoms with Crippen molar-refractivity contribution in [3.05, 3.63) is 52.6 Å². The molecule has 1 N–H and O–H groups in total. The molecule has 12 nitrogen and oxygen atoms in total. The highest BCUT2D eigenvalue weighted by molar-refractivity contribution is 7.91. The third-order valence-electron chi connectivity index (χ3n) is 6.69. The van der Waals surface area contributed by atoms with Gasteiger partial charge in [0, 0.05) is 12.1 Å². The zero-order valence-electron chi connectivity index (χ0n) is 22.2. The van der Waals surface area contributed by atoms with E-state index in [2.05, 4.69) is 35.2 Å². The highest BCUT2D eigenvalue weighted by Gasteiger charge is 2.40. The van der Waals surface area contributed by atoms with Crippen LogP contribution in [0, 0.1) is 0 Å². The molecule has 1 aliphatic carbocycles. The number of nitrogens with zero attached hydrogens (tertiary/aromatic N) is 7. The van der Waals surface area contributed by atoms with Crippen LogP contribution in [-0.4, -0.2) is 61.9 Å². The summed E-state index contributed by atoms with van der Waals surface area (Å²) in [5.41, 5.74) is -0.142. The van der Waals surface area contributed by atoms with Gasteiger partial charge in [-0.2, -0.15) is 13.2 Å². The minimum absolute atomic E-state index is 0.00760. The monoisotopic (exact) mass is 590 g/mol. The third-order valence-corrected chi connectivity index (χ3v) is 8.41. The third kappa shape index (κ3) is 5.55. The number of sulfone groups is 1. The second-order valence-electron chi connectivity index (χ2n) is 9.42. The van der Waals surface area contributed by atoms with E-state index in [-0.39, 0.29) is 51.8 Å². The number of alkyl halides is 3. The van der Waals surface area contributed by atoms with Crippen LogP contribution in [0.3, 0.4) is 0 Å². The Balaban J connectivity index is 1.58. The molecular formula is C25H25F3N8O4S. The van der Waals surface area contributed by atoms with Crippen LogP contribution >= 0.6 is 0 Å². The lowest BCUT2D eigenvalue weighted by Crippen LogP contribution is -2.35. The first kappa shape index (κ1) is 28.3. The highest BCUT2D eigenvalue weighted by atomic mass is 32.2. The number of fused-ring (bicyclic) bond motifs is 1. The van der Waals surface area contributed by atoms with E-state index in [0.29, 0.717) is 21.5 Å². The Bertz CT molecular complexity index is 1780. The number of ether oxygens (including phenoxy) is 1. The number of nitrogens with one attached hydrogen (secondary N) is 1. The molecule has 0 saturated heterocycles. The molecule has 4 aromatic heterocycles. The zero-order valence-corrected chi connectivity index (χ0v) is 23.0. The average molecular weight is 591 g/mol. The lowest BCUT2D eigenvalue weighted by molar-refractivity contribution is -0.162. The van der Waals surface area contributed by atoms with Crippen molar-refractivity contribution in [3.63, 3.8) is 0 Å². The van der Waals surface area contributed by atoms with Gasteiger partial charge in [0.1, 0.15) is 23.4 Å². The summed E-state index contributed by atoms with van der Waals surface area (Å²) in [5, 5.41) is 2.72. The van der Waals surface area contributed by atoms with Gasteiger partial charge >= 0.3 is 6.18 Å². The molecule has 0 bridgehead atoms. The van der Waals surface area contributed by atoms with Crippen LogP contribution < -0.4 is 15.6 Å². The molecule has 5 rings (SSSR count). The van der Waals surface area contributed by atoms with E-state index in [1.165, 1.54) is 44.9 Å². The fraction of sp³-hybridized carbons (Fsp3) is 0.400. The van der Waals surface area contributed by atoms with Crippen LogP contribution in [0.4, 0.5) is 19.0 Å². The maximum absolute atomic E-state index is 14.0. The molecule has 0 spiro atoms. The van der Waals surface area contributed by atoms with Crippen molar-refractivity contribution in [2.75, 3.05) is 18.2 Å². The number of anilines is 1. The van der Waals surface area contributed by atoms with Crippen LogP contribution in [0.25, 0.3) is 22.6 Å². The highest BCUT2D eigenvalue weighted by Crippen LogP contribution is 2.45. The van der Waals surface area contributed by atoms with Crippen molar-refractivity contribution in [2.45, 2.75) is 56.3 Å². The largest absolute Gasteiger partial charge is 0.480 e. The molecule has 0 aliphatic heterocycles. The standard InChI is InChI=1S/C25H25F3N8O4S/c1-4-41(38,39)16-8-7-15(29-10-16)9-30-21-24(37)36(13(2)25(26,27)28)22-17(34-21)11-31-20(35-22)18-19(14-5-6-14)32-12-33-23(18)40-3/h7-8,10-14H,4-6,9H2,1-3H3,(H,30,34)/t13-/m1/s1. The van der Waals surface area contributed by atoms with E-state index in [1.807, 2.05) is 0 Å². The summed E-state index contributed by atoms with van der Waals surface area (Å²) in [7, 11) is -2.06. The summed E-state index contributed by atoms with van der Waals surface area (Å²) in [6, 6.07) is 0.556. The van der Waals surface area contributed by atoms with E-state index >= 15 is 0 Å².